The van der Waals surface area contributed by atoms with Crippen molar-refractivity contribution in [2.45, 2.75) is 11.4 Å². The van der Waals surface area contributed by atoms with Crippen molar-refractivity contribution in [2.24, 2.45) is 0 Å². The molecule has 1 aliphatic heterocycles. The second-order valence-electron chi connectivity index (χ2n) is 6.54. The van der Waals surface area contributed by atoms with Crippen molar-refractivity contribution in [1.82, 2.24) is 14.7 Å². The van der Waals surface area contributed by atoms with Gasteiger partial charge in [-0.25, -0.2) is 13.9 Å². The number of amides is 1. The Labute approximate surface area is 164 Å². The topological polar surface area (TPSA) is 90.0 Å². The number of nitrogens with one attached hydrogen (secondary N) is 1. The van der Waals surface area contributed by atoms with Crippen LogP contribution in [0.25, 0.3) is 6.08 Å². The van der Waals surface area contributed by atoms with Crippen LogP contribution in [0.15, 0.2) is 65.6 Å². The van der Waals surface area contributed by atoms with Crippen molar-refractivity contribution in [3.8, 4) is 0 Å². The summed E-state index contributed by atoms with van der Waals surface area (Å²) in [7, 11) is -3.43. The van der Waals surface area contributed by atoms with E-state index in [-0.39, 0.29) is 0 Å². The smallest absolute Gasteiger partial charge is 0.267 e. The minimum absolute atomic E-state index is 0.335. The lowest BCUT2D eigenvalue weighted by molar-refractivity contribution is -0.124. The zero-order valence-corrected chi connectivity index (χ0v) is 16.2. The highest BCUT2D eigenvalue weighted by molar-refractivity contribution is 7.89. The predicted molar refractivity (Wildman–Crippen MR) is 106 cm³/mol. The van der Waals surface area contributed by atoms with Gasteiger partial charge in [-0.05, 0) is 29.3 Å². The second kappa shape index (κ2) is 9.11. The summed E-state index contributed by atoms with van der Waals surface area (Å²) in [6.45, 7) is 3.01. The first-order valence-electron chi connectivity index (χ1n) is 8.98. The van der Waals surface area contributed by atoms with Crippen LogP contribution in [0.3, 0.4) is 0 Å². The maximum Gasteiger partial charge on any atom is 0.267 e. The van der Waals surface area contributed by atoms with Crippen LogP contribution in [0.4, 0.5) is 0 Å². The standard InChI is InChI=1S/C20H23N3O4S/c24-20(21-25)11-10-17-6-8-18(9-7-17)16-22-12-14-23(15-13-22)28(26,27)19-4-2-1-3-5-19/h1-11,25H,12-16H2,(H,21,24)/b11-10+. The van der Waals surface area contributed by atoms with E-state index in [2.05, 4.69) is 4.90 Å². The molecule has 0 aliphatic carbocycles. The summed E-state index contributed by atoms with van der Waals surface area (Å²) in [6.07, 6.45) is 2.87. The first-order chi connectivity index (χ1) is 13.5. The number of hydroxylamine groups is 1. The minimum Gasteiger partial charge on any atom is -0.296 e. The largest absolute Gasteiger partial charge is 0.296 e. The van der Waals surface area contributed by atoms with Gasteiger partial charge in [-0.1, -0.05) is 42.5 Å². The zero-order valence-electron chi connectivity index (χ0n) is 15.4. The maximum atomic E-state index is 12.7. The van der Waals surface area contributed by atoms with Gasteiger partial charge in [0.25, 0.3) is 5.91 Å². The van der Waals surface area contributed by atoms with Crippen molar-refractivity contribution in [2.75, 3.05) is 26.2 Å². The fraction of sp³-hybridized carbons (Fsp3) is 0.250. The number of rotatable bonds is 6. The van der Waals surface area contributed by atoms with E-state index in [4.69, 9.17) is 5.21 Å². The molecule has 0 aromatic heterocycles. The first kappa shape index (κ1) is 20.2. The quantitative estimate of drug-likeness (QED) is 0.437. The Balaban J connectivity index is 1.54. The summed E-state index contributed by atoms with van der Waals surface area (Å²) >= 11 is 0. The Morgan fingerprint density at radius 2 is 1.64 bits per heavy atom. The van der Waals surface area contributed by atoms with Crippen molar-refractivity contribution in [1.29, 1.82) is 0 Å². The summed E-state index contributed by atoms with van der Waals surface area (Å²) in [5, 5.41) is 8.48. The third-order valence-corrected chi connectivity index (χ3v) is 6.55. The molecule has 2 N–H and O–H groups in total. The Bertz CT molecular complexity index is 920. The number of hydrogen-bond acceptors (Lipinski definition) is 5. The average molecular weight is 401 g/mol. The fourth-order valence-corrected chi connectivity index (χ4v) is 4.51. The summed E-state index contributed by atoms with van der Waals surface area (Å²) in [4.78, 5) is 13.6. The molecule has 28 heavy (non-hydrogen) atoms. The van der Waals surface area contributed by atoms with E-state index in [0.717, 1.165) is 17.7 Å². The summed E-state index contributed by atoms with van der Waals surface area (Å²) in [5.41, 5.74) is 3.51. The van der Waals surface area contributed by atoms with Crippen LogP contribution in [0, 0.1) is 0 Å². The molecule has 0 radical (unpaired) electrons. The Morgan fingerprint density at radius 1 is 1.00 bits per heavy atom. The van der Waals surface area contributed by atoms with Gasteiger partial charge in [0.05, 0.1) is 4.90 Å². The fourth-order valence-electron chi connectivity index (χ4n) is 3.07. The molecular formula is C20H23N3O4S. The average Bonchev–Trinajstić information content (AvgIpc) is 2.74. The molecule has 2 aromatic carbocycles. The molecular weight excluding hydrogens is 378 g/mol. The van der Waals surface area contributed by atoms with Gasteiger partial charge in [0.2, 0.25) is 10.0 Å². The monoisotopic (exact) mass is 401 g/mol. The molecule has 1 heterocycles. The zero-order chi connectivity index (χ0) is 20.0. The Hall–Kier alpha value is -2.52. The molecule has 2 aromatic rings. The molecule has 7 nitrogen and oxygen atoms in total. The number of carbonyl (C=O) groups is 1. The van der Waals surface area contributed by atoms with E-state index in [1.807, 2.05) is 24.3 Å². The lowest BCUT2D eigenvalue weighted by atomic mass is 10.1. The van der Waals surface area contributed by atoms with Crippen molar-refractivity contribution in [3.63, 3.8) is 0 Å². The van der Waals surface area contributed by atoms with Crippen LogP contribution in [0.1, 0.15) is 11.1 Å². The number of nitrogens with zero attached hydrogens (tertiary/aromatic N) is 2. The predicted octanol–water partition coefficient (Wildman–Crippen LogP) is 1.71. The summed E-state index contributed by atoms with van der Waals surface area (Å²) < 4.78 is 26.9. The van der Waals surface area contributed by atoms with Gasteiger partial charge >= 0.3 is 0 Å². The van der Waals surface area contributed by atoms with Crippen LogP contribution in [-0.2, 0) is 21.4 Å². The van der Waals surface area contributed by atoms with E-state index < -0.39 is 15.9 Å². The van der Waals surface area contributed by atoms with E-state index in [0.29, 0.717) is 31.1 Å². The van der Waals surface area contributed by atoms with Crippen LogP contribution in [0.5, 0.6) is 0 Å². The highest BCUT2D eigenvalue weighted by atomic mass is 32.2. The van der Waals surface area contributed by atoms with Crippen molar-refractivity contribution >= 4 is 22.0 Å². The maximum absolute atomic E-state index is 12.7. The van der Waals surface area contributed by atoms with Gasteiger partial charge in [-0.15, -0.1) is 0 Å². The molecule has 1 saturated heterocycles. The van der Waals surface area contributed by atoms with E-state index >= 15 is 0 Å². The molecule has 8 heteroatoms. The summed E-state index contributed by atoms with van der Waals surface area (Å²) in [5.74, 6) is -0.576. The Kier molecular flexibility index (Phi) is 6.58. The van der Waals surface area contributed by atoms with Crippen LogP contribution in [-0.4, -0.2) is 54.9 Å². The third kappa shape index (κ3) is 5.05. The van der Waals surface area contributed by atoms with E-state index in [1.165, 1.54) is 6.08 Å². The molecule has 0 unspecified atom stereocenters. The number of benzene rings is 2. The van der Waals surface area contributed by atoms with Gasteiger partial charge < -0.3 is 0 Å². The highest BCUT2D eigenvalue weighted by Crippen LogP contribution is 2.18. The summed E-state index contributed by atoms with van der Waals surface area (Å²) in [6, 6.07) is 16.3. The van der Waals surface area contributed by atoms with E-state index in [9.17, 15) is 13.2 Å². The lowest BCUT2D eigenvalue weighted by Gasteiger charge is -2.34. The number of hydrogen-bond donors (Lipinski definition) is 2. The highest BCUT2D eigenvalue weighted by Gasteiger charge is 2.28. The molecule has 1 aliphatic rings. The van der Waals surface area contributed by atoms with Crippen LogP contribution in [0.2, 0.25) is 0 Å². The van der Waals surface area contributed by atoms with Crippen LogP contribution >= 0.6 is 0 Å². The number of carbonyl (C=O) groups excluding carboxylic acids is 1. The molecule has 0 bridgehead atoms. The SMILES string of the molecule is O=C(/C=C/c1ccc(CN2CCN(S(=O)(=O)c3ccccc3)CC2)cc1)NO. The third-order valence-electron chi connectivity index (χ3n) is 4.64. The van der Waals surface area contributed by atoms with Crippen molar-refractivity contribution < 1.29 is 18.4 Å². The number of sulfonamides is 1. The molecule has 1 amide bonds. The van der Waals surface area contributed by atoms with Crippen LogP contribution < -0.4 is 5.48 Å². The molecule has 0 saturated carbocycles. The molecule has 0 atom stereocenters. The molecule has 148 valence electrons. The van der Waals surface area contributed by atoms with Gasteiger partial charge in [-0.2, -0.15) is 4.31 Å². The van der Waals surface area contributed by atoms with E-state index in [1.54, 1.807) is 46.2 Å². The second-order valence-corrected chi connectivity index (χ2v) is 8.48. The normalized spacial score (nSPS) is 16.3. The van der Waals surface area contributed by atoms with Gasteiger partial charge in [-0.3, -0.25) is 14.9 Å². The van der Waals surface area contributed by atoms with Gasteiger partial charge in [0.1, 0.15) is 0 Å². The minimum atomic E-state index is -3.43. The molecule has 0 spiro atoms. The first-order valence-corrected chi connectivity index (χ1v) is 10.4. The number of piperazine rings is 1. The molecule has 3 rings (SSSR count). The van der Waals surface area contributed by atoms with Gasteiger partial charge in [0, 0.05) is 38.8 Å². The van der Waals surface area contributed by atoms with Gasteiger partial charge in [0.15, 0.2) is 0 Å². The Morgan fingerprint density at radius 3 is 2.25 bits per heavy atom. The van der Waals surface area contributed by atoms with Crippen molar-refractivity contribution in [3.05, 3.63) is 71.8 Å². The molecule has 1 fully saturated rings. The lowest BCUT2D eigenvalue weighted by Crippen LogP contribution is -2.48.